The third-order valence-corrected chi connectivity index (χ3v) is 2.52. The predicted octanol–water partition coefficient (Wildman–Crippen LogP) is 2.82. The van der Waals surface area contributed by atoms with Crippen LogP contribution in [0.15, 0.2) is 41.1 Å². The molecule has 1 heterocycles. The molecule has 2 aromatic rings. The van der Waals surface area contributed by atoms with Crippen molar-refractivity contribution in [3.63, 3.8) is 0 Å². The first-order valence-electron chi connectivity index (χ1n) is 5.03. The maximum atomic E-state index is 11.3. The minimum absolute atomic E-state index is 0.102. The minimum Gasteiger partial charge on any atom is -0.464 e. The van der Waals surface area contributed by atoms with Gasteiger partial charge in [0, 0.05) is 4.47 Å². The second kappa shape index (κ2) is 5.59. The van der Waals surface area contributed by atoms with Gasteiger partial charge in [0.2, 0.25) is 5.88 Å². The number of carbonyl (C=O) groups excluding carboxylic acids is 1. The second-order valence-corrected chi connectivity index (χ2v) is 4.21. The SMILES string of the molecule is COC(=O)c1cncc(Oc2cccc(Br)c2)n1. The van der Waals surface area contributed by atoms with Gasteiger partial charge in [0.15, 0.2) is 5.69 Å². The van der Waals surface area contributed by atoms with Crippen molar-refractivity contribution in [2.24, 2.45) is 0 Å². The Hall–Kier alpha value is -1.95. The summed E-state index contributed by atoms with van der Waals surface area (Å²) in [6, 6.07) is 7.27. The van der Waals surface area contributed by atoms with Crippen molar-refractivity contribution < 1.29 is 14.3 Å². The fraction of sp³-hybridized carbons (Fsp3) is 0.0833. The van der Waals surface area contributed by atoms with Gasteiger partial charge in [-0.3, -0.25) is 4.98 Å². The highest BCUT2D eigenvalue weighted by atomic mass is 79.9. The van der Waals surface area contributed by atoms with Crippen LogP contribution in [0.3, 0.4) is 0 Å². The molecule has 0 saturated heterocycles. The number of halogens is 1. The molecule has 0 bridgehead atoms. The molecular formula is C12H9BrN2O3. The molecule has 5 nitrogen and oxygen atoms in total. The van der Waals surface area contributed by atoms with E-state index in [4.69, 9.17) is 4.74 Å². The first kappa shape index (κ1) is 12.5. The first-order valence-corrected chi connectivity index (χ1v) is 5.82. The van der Waals surface area contributed by atoms with Crippen molar-refractivity contribution in [3.8, 4) is 11.6 Å². The highest BCUT2D eigenvalue weighted by Gasteiger charge is 2.09. The Labute approximate surface area is 112 Å². The van der Waals surface area contributed by atoms with Gasteiger partial charge in [0.25, 0.3) is 0 Å². The molecule has 0 aliphatic rings. The van der Waals surface area contributed by atoms with Crippen LogP contribution < -0.4 is 4.74 Å². The summed E-state index contributed by atoms with van der Waals surface area (Å²) in [7, 11) is 1.28. The summed E-state index contributed by atoms with van der Waals surface area (Å²) in [5.74, 6) is 0.277. The van der Waals surface area contributed by atoms with Gasteiger partial charge >= 0.3 is 5.97 Å². The number of carbonyl (C=O) groups is 1. The normalized spacial score (nSPS) is 9.89. The molecule has 0 spiro atoms. The molecule has 0 amide bonds. The van der Waals surface area contributed by atoms with Gasteiger partial charge < -0.3 is 9.47 Å². The molecule has 2 rings (SSSR count). The highest BCUT2D eigenvalue weighted by Crippen LogP contribution is 2.22. The van der Waals surface area contributed by atoms with E-state index in [9.17, 15) is 4.79 Å². The lowest BCUT2D eigenvalue weighted by atomic mass is 10.3. The molecule has 6 heteroatoms. The molecule has 1 aromatic heterocycles. The van der Waals surface area contributed by atoms with E-state index in [0.717, 1.165) is 4.47 Å². The zero-order valence-corrected chi connectivity index (χ0v) is 11.0. The van der Waals surface area contributed by atoms with E-state index in [1.807, 2.05) is 12.1 Å². The van der Waals surface area contributed by atoms with Crippen LogP contribution in [-0.2, 0) is 4.74 Å². The zero-order chi connectivity index (χ0) is 13.0. The quantitative estimate of drug-likeness (QED) is 0.816. The molecule has 0 unspecified atom stereocenters. The molecule has 0 atom stereocenters. The zero-order valence-electron chi connectivity index (χ0n) is 9.46. The monoisotopic (exact) mass is 308 g/mol. The standard InChI is InChI=1S/C12H9BrN2O3/c1-17-12(16)10-6-14-7-11(15-10)18-9-4-2-3-8(13)5-9/h2-7H,1H3. The van der Waals surface area contributed by atoms with Crippen molar-refractivity contribution >= 4 is 21.9 Å². The smallest absolute Gasteiger partial charge is 0.358 e. The topological polar surface area (TPSA) is 61.3 Å². The van der Waals surface area contributed by atoms with E-state index >= 15 is 0 Å². The van der Waals surface area contributed by atoms with Gasteiger partial charge in [-0.2, -0.15) is 0 Å². The van der Waals surface area contributed by atoms with Crippen LogP contribution in [0.4, 0.5) is 0 Å². The molecule has 0 saturated carbocycles. The van der Waals surface area contributed by atoms with Crippen LogP contribution in [-0.4, -0.2) is 23.0 Å². The molecule has 18 heavy (non-hydrogen) atoms. The maximum absolute atomic E-state index is 11.3. The van der Waals surface area contributed by atoms with Gasteiger partial charge in [-0.05, 0) is 18.2 Å². The van der Waals surface area contributed by atoms with Gasteiger partial charge in [-0.15, -0.1) is 0 Å². The molecule has 0 aliphatic heterocycles. The number of nitrogens with zero attached hydrogens (tertiary/aromatic N) is 2. The molecule has 1 aromatic carbocycles. The number of rotatable bonds is 3. The molecule has 0 radical (unpaired) electrons. The van der Waals surface area contributed by atoms with Gasteiger partial charge in [-0.1, -0.05) is 22.0 Å². The number of esters is 1. The van der Waals surface area contributed by atoms with E-state index < -0.39 is 5.97 Å². The van der Waals surface area contributed by atoms with Crippen molar-refractivity contribution in [2.75, 3.05) is 7.11 Å². The minimum atomic E-state index is -0.554. The van der Waals surface area contributed by atoms with Gasteiger partial charge in [0.1, 0.15) is 5.75 Å². The Morgan fingerprint density at radius 2 is 2.17 bits per heavy atom. The summed E-state index contributed by atoms with van der Waals surface area (Å²) < 4.78 is 10.9. The van der Waals surface area contributed by atoms with Crippen molar-refractivity contribution in [1.29, 1.82) is 0 Å². The third-order valence-electron chi connectivity index (χ3n) is 2.03. The molecule has 0 aliphatic carbocycles. The predicted molar refractivity (Wildman–Crippen MR) is 67.6 cm³/mol. The maximum Gasteiger partial charge on any atom is 0.358 e. The van der Waals surface area contributed by atoms with Gasteiger partial charge in [-0.25, -0.2) is 9.78 Å². The number of ether oxygens (including phenoxy) is 2. The first-order chi connectivity index (χ1) is 8.69. The number of methoxy groups -OCH3 is 1. The fourth-order valence-electron chi connectivity index (χ4n) is 1.25. The summed E-state index contributed by atoms with van der Waals surface area (Å²) >= 11 is 3.33. The van der Waals surface area contributed by atoms with Crippen LogP contribution in [0.1, 0.15) is 10.5 Å². The van der Waals surface area contributed by atoms with E-state index in [1.165, 1.54) is 19.5 Å². The van der Waals surface area contributed by atoms with Crippen molar-refractivity contribution in [3.05, 3.63) is 46.8 Å². The summed E-state index contributed by atoms with van der Waals surface area (Å²) in [5, 5.41) is 0. The van der Waals surface area contributed by atoms with Crippen molar-refractivity contribution in [2.45, 2.75) is 0 Å². The number of benzene rings is 1. The Bertz CT molecular complexity index is 575. The summed E-state index contributed by atoms with van der Waals surface area (Å²) in [5.41, 5.74) is 0.102. The van der Waals surface area contributed by atoms with E-state index in [2.05, 4.69) is 30.6 Å². The average Bonchev–Trinajstić information content (AvgIpc) is 2.38. The third kappa shape index (κ3) is 3.04. The number of aromatic nitrogens is 2. The Morgan fingerprint density at radius 1 is 1.33 bits per heavy atom. The summed E-state index contributed by atoms with van der Waals surface area (Å²) in [6.45, 7) is 0. The summed E-state index contributed by atoms with van der Waals surface area (Å²) in [6.07, 6.45) is 2.74. The summed E-state index contributed by atoms with van der Waals surface area (Å²) in [4.78, 5) is 19.2. The largest absolute Gasteiger partial charge is 0.464 e. The van der Waals surface area contributed by atoms with Crippen LogP contribution in [0.5, 0.6) is 11.6 Å². The Morgan fingerprint density at radius 3 is 2.89 bits per heavy atom. The van der Waals surface area contributed by atoms with E-state index in [1.54, 1.807) is 12.1 Å². The number of hydrogen-bond acceptors (Lipinski definition) is 5. The second-order valence-electron chi connectivity index (χ2n) is 3.29. The molecule has 0 fully saturated rings. The van der Waals surface area contributed by atoms with Crippen LogP contribution >= 0.6 is 15.9 Å². The Kier molecular flexibility index (Phi) is 3.88. The number of hydrogen-bond donors (Lipinski definition) is 0. The average molecular weight is 309 g/mol. The lowest BCUT2D eigenvalue weighted by molar-refractivity contribution is 0.0592. The fourth-order valence-corrected chi connectivity index (χ4v) is 1.63. The highest BCUT2D eigenvalue weighted by molar-refractivity contribution is 9.10. The Balaban J connectivity index is 2.22. The lowest BCUT2D eigenvalue weighted by Crippen LogP contribution is -2.05. The molecular weight excluding hydrogens is 300 g/mol. The van der Waals surface area contributed by atoms with Gasteiger partial charge in [0.05, 0.1) is 19.5 Å². The molecule has 0 N–H and O–H groups in total. The lowest BCUT2D eigenvalue weighted by Gasteiger charge is -2.05. The van der Waals surface area contributed by atoms with Crippen molar-refractivity contribution in [1.82, 2.24) is 9.97 Å². The van der Waals surface area contributed by atoms with Crippen LogP contribution in [0.25, 0.3) is 0 Å². The van der Waals surface area contributed by atoms with Crippen LogP contribution in [0.2, 0.25) is 0 Å². The van der Waals surface area contributed by atoms with E-state index in [0.29, 0.717) is 5.75 Å². The van der Waals surface area contributed by atoms with Crippen LogP contribution in [0, 0.1) is 0 Å². The molecule has 92 valence electrons. The van der Waals surface area contributed by atoms with E-state index in [-0.39, 0.29) is 11.6 Å².